The third-order valence-corrected chi connectivity index (χ3v) is 3.48. The van der Waals surface area contributed by atoms with Gasteiger partial charge in [0, 0.05) is 40.5 Å². The van der Waals surface area contributed by atoms with E-state index in [9.17, 15) is 14.3 Å². The molecular formula is C10H14N2O3S. The summed E-state index contributed by atoms with van der Waals surface area (Å²) in [5.74, 6) is 0.830. The smallest absolute Gasteiger partial charge is 0.269 e. The minimum Gasteiger partial charge on any atom is -0.327 e. The highest BCUT2D eigenvalue weighted by Gasteiger charge is 2.07. The number of rotatable bonds is 5. The third kappa shape index (κ3) is 4.08. The van der Waals surface area contributed by atoms with Gasteiger partial charge in [-0.25, -0.2) is 0 Å². The maximum absolute atomic E-state index is 11.5. The van der Waals surface area contributed by atoms with Gasteiger partial charge in [-0.3, -0.25) is 14.3 Å². The summed E-state index contributed by atoms with van der Waals surface area (Å²) in [4.78, 5) is 9.95. The van der Waals surface area contributed by atoms with E-state index in [2.05, 4.69) is 0 Å². The Bertz CT molecular complexity index is 390. The van der Waals surface area contributed by atoms with E-state index in [1.807, 2.05) is 0 Å². The molecule has 88 valence electrons. The first-order chi connectivity index (χ1) is 7.49. The molecule has 1 rings (SSSR count). The number of benzene rings is 1. The lowest BCUT2D eigenvalue weighted by molar-refractivity contribution is -0.384. The van der Waals surface area contributed by atoms with Crippen LogP contribution in [0.4, 0.5) is 5.69 Å². The summed E-state index contributed by atoms with van der Waals surface area (Å²) in [6, 6.07) is 5.98. The average molecular weight is 242 g/mol. The zero-order valence-corrected chi connectivity index (χ0v) is 9.78. The van der Waals surface area contributed by atoms with Crippen LogP contribution in [0.5, 0.6) is 0 Å². The molecule has 0 amide bonds. The standard InChI is InChI=1S/C10H14N2O3S/c1-8(11)6-16(15)7-9-2-4-10(5-3-9)12(13)14/h2-5,8H,6-7,11H2,1H3. The Labute approximate surface area is 96.3 Å². The minimum absolute atomic E-state index is 0.0433. The molecule has 6 heteroatoms. The van der Waals surface area contributed by atoms with Gasteiger partial charge in [-0.05, 0) is 12.5 Å². The predicted molar refractivity (Wildman–Crippen MR) is 63.5 cm³/mol. The number of nitro groups is 1. The van der Waals surface area contributed by atoms with Crippen LogP contribution in [-0.2, 0) is 16.6 Å². The molecule has 0 saturated heterocycles. The van der Waals surface area contributed by atoms with Crippen LogP contribution in [-0.4, -0.2) is 20.9 Å². The summed E-state index contributed by atoms with van der Waals surface area (Å²) in [5, 5.41) is 10.4. The molecule has 1 aromatic carbocycles. The van der Waals surface area contributed by atoms with Crippen LogP contribution in [0.25, 0.3) is 0 Å². The molecule has 2 atom stereocenters. The van der Waals surface area contributed by atoms with E-state index in [-0.39, 0.29) is 11.7 Å². The van der Waals surface area contributed by atoms with Gasteiger partial charge in [0.1, 0.15) is 0 Å². The first kappa shape index (κ1) is 12.8. The molecule has 16 heavy (non-hydrogen) atoms. The fraction of sp³-hybridized carbons (Fsp3) is 0.400. The quantitative estimate of drug-likeness (QED) is 0.620. The van der Waals surface area contributed by atoms with Gasteiger partial charge in [-0.1, -0.05) is 12.1 Å². The second-order valence-electron chi connectivity index (χ2n) is 3.65. The lowest BCUT2D eigenvalue weighted by atomic mass is 10.2. The number of hydrogen-bond acceptors (Lipinski definition) is 4. The highest BCUT2D eigenvalue weighted by atomic mass is 32.2. The Hall–Kier alpha value is -1.27. The molecule has 5 nitrogen and oxygen atoms in total. The van der Waals surface area contributed by atoms with Crippen LogP contribution in [0.15, 0.2) is 24.3 Å². The van der Waals surface area contributed by atoms with Gasteiger partial charge in [0.25, 0.3) is 5.69 Å². The van der Waals surface area contributed by atoms with E-state index in [0.717, 1.165) is 5.56 Å². The second kappa shape index (κ2) is 5.72. The van der Waals surface area contributed by atoms with Crippen molar-refractivity contribution in [3.63, 3.8) is 0 Å². The summed E-state index contributed by atoms with van der Waals surface area (Å²) >= 11 is 0. The van der Waals surface area contributed by atoms with Crippen molar-refractivity contribution in [2.45, 2.75) is 18.7 Å². The molecule has 0 spiro atoms. The van der Waals surface area contributed by atoms with E-state index in [0.29, 0.717) is 11.5 Å². The second-order valence-corrected chi connectivity index (χ2v) is 5.15. The van der Waals surface area contributed by atoms with Crippen molar-refractivity contribution in [2.24, 2.45) is 5.73 Å². The topological polar surface area (TPSA) is 86.2 Å². The molecule has 0 aromatic heterocycles. The number of nitrogens with two attached hydrogens (primary N) is 1. The molecule has 2 N–H and O–H groups in total. The number of hydrogen-bond donors (Lipinski definition) is 1. The Morgan fingerprint density at radius 1 is 1.44 bits per heavy atom. The Balaban J connectivity index is 2.62. The number of nitro benzene ring substituents is 1. The van der Waals surface area contributed by atoms with Crippen molar-refractivity contribution in [1.82, 2.24) is 0 Å². The molecule has 0 bridgehead atoms. The van der Waals surface area contributed by atoms with Gasteiger partial charge in [-0.2, -0.15) is 0 Å². The zero-order chi connectivity index (χ0) is 12.1. The van der Waals surface area contributed by atoms with Crippen LogP contribution in [0.3, 0.4) is 0 Å². The SMILES string of the molecule is CC(N)CS(=O)Cc1ccc([N+](=O)[O-])cc1. The third-order valence-electron chi connectivity index (χ3n) is 1.92. The first-order valence-corrected chi connectivity index (χ1v) is 6.31. The fourth-order valence-corrected chi connectivity index (χ4v) is 2.52. The monoisotopic (exact) mass is 242 g/mol. The molecule has 0 saturated carbocycles. The van der Waals surface area contributed by atoms with Gasteiger partial charge < -0.3 is 5.73 Å². The van der Waals surface area contributed by atoms with Gasteiger partial charge in [0.2, 0.25) is 0 Å². The maximum atomic E-state index is 11.5. The van der Waals surface area contributed by atoms with Crippen molar-refractivity contribution in [3.05, 3.63) is 39.9 Å². The van der Waals surface area contributed by atoms with Gasteiger partial charge >= 0.3 is 0 Å². The minimum atomic E-state index is -1.01. The molecule has 0 aliphatic carbocycles. The van der Waals surface area contributed by atoms with E-state index >= 15 is 0 Å². The molecule has 0 aliphatic rings. The van der Waals surface area contributed by atoms with Crippen LogP contribution in [0.1, 0.15) is 12.5 Å². The van der Waals surface area contributed by atoms with Crippen molar-refractivity contribution in [1.29, 1.82) is 0 Å². The highest BCUT2D eigenvalue weighted by Crippen LogP contribution is 2.13. The van der Waals surface area contributed by atoms with Crippen molar-refractivity contribution >= 4 is 16.5 Å². The average Bonchev–Trinajstić information content (AvgIpc) is 2.16. The van der Waals surface area contributed by atoms with Crippen LogP contribution in [0.2, 0.25) is 0 Å². The number of nitrogens with zero attached hydrogens (tertiary/aromatic N) is 1. The molecular weight excluding hydrogens is 228 g/mol. The molecule has 1 aromatic rings. The largest absolute Gasteiger partial charge is 0.327 e. The zero-order valence-electron chi connectivity index (χ0n) is 8.96. The summed E-state index contributed by atoms with van der Waals surface area (Å²) in [7, 11) is -1.01. The van der Waals surface area contributed by atoms with Crippen molar-refractivity contribution < 1.29 is 9.13 Å². The summed E-state index contributed by atoms with van der Waals surface area (Å²) < 4.78 is 11.5. The maximum Gasteiger partial charge on any atom is 0.269 e. The van der Waals surface area contributed by atoms with Crippen LogP contribution in [0, 0.1) is 10.1 Å². The normalized spacial score (nSPS) is 14.4. The number of non-ortho nitro benzene ring substituents is 1. The molecule has 0 radical (unpaired) electrons. The summed E-state index contributed by atoms with van der Waals surface area (Å²) in [5.41, 5.74) is 6.40. The summed E-state index contributed by atoms with van der Waals surface area (Å²) in [6.45, 7) is 1.80. The fourth-order valence-electron chi connectivity index (χ4n) is 1.25. The summed E-state index contributed by atoms with van der Waals surface area (Å²) in [6.07, 6.45) is 0. The first-order valence-electron chi connectivity index (χ1n) is 4.83. The van der Waals surface area contributed by atoms with Gasteiger partial charge in [-0.15, -0.1) is 0 Å². The Morgan fingerprint density at radius 2 is 2.00 bits per heavy atom. The van der Waals surface area contributed by atoms with Crippen LogP contribution < -0.4 is 5.73 Å². The van der Waals surface area contributed by atoms with E-state index < -0.39 is 15.7 Å². The Kier molecular flexibility index (Phi) is 4.57. The van der Waals surface area contributed by atoms with E-state index in [1.165, 1.54) is 12.1 Å². The molecule has 2 unspecified atom stereocenters. The van der Waals surface area contributed by atoms with E-state index in [1.54, 1.807) is 19.1 Å². The van der Waals surface area contributed by atoms with Gasteiger partial charge in [0.15, 0.2) is 0 Å². The highest BCUT2D eigenvalue weighted by molar-refractivity contribution is 7.84. The van der Waals surface area contributed by atoms with Crippen molar-refractivity contribution in [3.8, 4) is 0 Å². The van der Waals surface area contributed by atoms with Crippen LogP contribution >= 0.6 is 0 Å². The molecule has 0 fully saturated rings. The Morgan fingerprint density at radius 3 is 2.44 bits per heavy atom. The molecule has 0 heterocycles. The predicted octanol–water partition coefficient (Wildman–Crippen LogP) is 1.19. The van der Waals surface area contributed by atoms with E-state index in [4.69, 9.17) is 5.73 Å². The lowest BCUT2D eigenvalue weighted by Crippen LogP contribution is -2.23. The van der Waals surface area contributed by atoms with Gasteiger partial charge in [0.05, 0.1) is 4.92 Å². The van der Waals surface area contributed by atoms with Crippen molar-refractivity contribution in [2.75, 3.05) is 5.75 Å². The molecule has 0 aliphatic heterocycles. The lowest BCUT2D eigenvalue weighted by Gasteiger charge is -2.05.